The SMILES string of the molecule is CC[C@@H](C(=O)NCC(C)C)N(Cc1ccc(OC)cc1)C(=O)COc1ccccc1F. The maximum Gasteiger partial charge on any atom is 0.261 e. The standard InChI is InChI=1S/C24H31FN2O4/c1-5-21(24(29)26-14-17(2)3)27(15-18-10-12-19(30-4)13-11-18)23(28)16-31-22-9-7-6-8-20(22)25/h6-13,17,21H,5,14-16H2,1-4H3,(H,26,29)/t21-/m0/s1. The highest BCUT2D eigenvalue weighted by molar-refractivity contribution is 5.88. The number of carbonyl (C=O) groups excluding carboxylic acids is 2. The summed E-state index contributed by atoms with van der Waals surface area (Å²) in [7, 11) is 1.58. The first kappa shape index (κ1) is 24.2. The number of methoxy groups -OCH3 is 1. The van der Waals surface area contributed by atoms with Gasteiger partial charge in [0.05, 0.1) is 7.11 Å². The molecule has 31 heavy (non-hydrogen) atoms. The molecule has 6 nitrogen and oxygen atoms in total. The van der Waals surface area contributed by atoms with Crippen molar-refractivity contribution < 1.29 is 23.5 Å². The highest BCUT2D eigenvalue weighted by Gasteiger charge is 2.29. The first-order chi connectivity index (χ1) is 14.8. The molecule has 2 amide bonds. The minimum Gasteiger partial charge on any atom is -0.497 e. The number of ether oxygens (including phenoxy) is 2. The summed E-state index contributed by atoms with van der Waals surface area (Å²) in [6, 6.07) is 12.5. The van der Waals surface area contributed by atoms with Crippen LogP contribution in [0.25, 0.3) is 0 Å². The Morgan fingerprint density at radius 3 is 2.35 bits per heavy atom. The number of rotatable bonds is 11. The lowest BCUT2D eigenvalue weighted by molar-refractivity contribution is -0.143. The molecule has 1 N–H and O–H groups in total. The van der Waals surface area contributed by atoms with E-state index in [-0.39, 0.29) is 30.7 Å². The molecule has 7 heteroatoms. The number of carbonyl (C=O) groups is 2. The van der Waals surface area contributed by atoms with Crippen LogP contribution in [0.15, 0.2) is 48.5 Å². The maximum atomic E-state index is 13.9. The lowest BCUT2D eigenvalue weighted by Gasteiger charge is -2.31. The molecular formula is C24H31FN2O4. The number of halogens is 1. The smallest absolute Gasteiger partial charge is 0.261 e. The van der Waals surface area contributed by atoms with Crippen molar-refractivity contribution in [2.45, 2.75) is 39.8 Å². The second kappa shape index (κ2) is 11.9. The van der Waals surface area contributed by atoms with Gasteiger partial charge in [0.2, 0.25) is 5.91 Å². The first-order valence-electron chi connectivity index (χ1n) is 10.4. The van der Waals surface area contributed by atoms with Crippen molar-refractivity contribution in [2.24, 2.45) is 5.92 Å². The lowest BCUT2D eigenvalue weighted by atomic mass is 10.1. The summed E-state index contributed by atoms with van der Waals surface area (Å²) in [5.74, 6) is -0.173. The minimum absolute atomic E-state index is 0.00226. The molecule has 0 saturated heterocycles. The predicted molar refractivity (Wildman–Crippen MR) is 117 cm³/mol. The van der Waals surface area contributed by atoms with Crippen LogP contribution in [0, 0.1) is 11.7 Å². The van der Waals surface area contributed by atoms with Gasteiger partial charge >= 0.3 is 0 Å². The molecule has 0 aliphatic carbocycles. The van der Waals surface area contributed by atoms with E-state index in [4.69, 9.17) is 9.47 Å². The number of nitrogens with zero attached hydrogens (tertiary/aromatic N) is 1. The summed E-state index contributed by atoms with van der Waals surface area (Å²) < 4.78 is 24.5. The molecular weight excluding hydrogens is 399 g/mol. The number of benzene rings is 2. The van der Waals surface area contributed by atoms with Crippen molar-refractivity contribution in [3.05, 3.63) is 59.9 Å². The second-order valence-corrected chi connectivity index (χ2v) is 7.65. The molecule has 2 rings (SSSR count). The van der Waals surface area contributed by atoms with Gasteiger partial charge < -0.3 is 19.7 Å². The van der Waals surface area contributed by atoms with E-state index in [0.717, 1.165) is 5.56 Å². The Hall–Kier alpha value is -3.09. The molecule has 0 unspecified atom stereocenters. The highest BCUT2D eigenvalue weighted by Crippen LogP contribution is 2.18. The van der Waals surface area contributed by atoms with Crippen LogP contribution in [0.1, 0.15) is 32.8 Å². The zero-order valence-electron chi connectivity index (χ0n) is 18.6. The number of hydrogen-bond donors (Lipinski definition) is 1. The molecule has 168 valence electrons. The summed E-state index contributed by atoms with van der Waals surface area (Å²) >= 11 is 0. The number of nitrogens with one attached hydrogen (secondary N) is 1. The monoisotopic (exact) mass is 430 g/mol. The first-order valence-corrected chi connectivity index (χ1v) is 10.4. The van der Waals surface area contributed by atoms with Crippen LogP contribution < -0.4 is 14.8 Å². The number of amides is 2. The second-order valence-electron chi connectivity index (χ2n) is 7.65. The van der Waals surface area contributed by atoms with E-state index < -0.39 is 17.8 Å². The Balaban J connectivity index is 2.20. The topological polar surface area (TPSA) is 67.9 Å². The summed E-state index contributed by atoms with van der Waals surface area (Å²) in [4.78, 5) is 27.4. The van der Waals surface area contributed by atoms with Crippen molar-refractivity contribution in [2.75, 3.05) is 20.3 Å². The van der Waals surface area contributed by atoms with Crippen LogP contribution in [-0.4, -0.2) is 43.0 Å². The Labute approximate surface area is 183 Å². The fourth-order valence-corrected chi connectivity index (χ4v) is 3.05. The van der Waals surface area contributed by atoms with Crippen LogP contribution in [0.4, 0.5) is 4.39 Å². The fraction of sp³-hybridized carbons (Fsp3) is 0.417. The molecule has 2 aromatic carbocycles. The molecule has 2 aromatic rings. The van der Waals surface area contributed by atoms with Crippen molar-refractivity contribution >= 4 is 11.8 Å². The average Bonchev–Trinajstić information content (AvgIpc) is 2.77. The van der Waals surface area contributed by atoms with E-state index >= 15 is 0 Å². The highest BCUT2D eigenvalue weighted by atomic mass is 19.1. The van der Waals surface area contributed by atoms with Gasteiger partial charge in [-0.25, -0.2) is 4.39 Å². The Kier molecular flexibility index (Phi) is 9.31. The van der Waals surface area contributed by atoms with E-state index in [2.05, 4.69) is 5.32 Å². The Morgan fingerprint density at radius 1 is 1.10 bits per heavy atom. The molecule has 0 fully saturated rings. The molecule has 0 spiro atoms. The summed E-state index contributed by atoms with van der Waals surface area (Å²) in [5, 5.41) is 2.90. The minimum atomic E-state index is -0.669. The average molecular weight is 431 g/mol. The van der Waals surface area contributed by atoms with Crippen LogP contribution >= 0.6 is 0 Å². The van der Waals surface area contributed by atoms with E-state index in [0.29, 0.717) is 18.7 Å². The van der Waals surface area contributed by atoms with E-state index in [9.17, 15) is 14.0 Å². The summed E-state index contributed by atoms with van der Waals surface area (Å²) in [6.07, 6.45) is 0.436. The van der Waals surface area contributed by atoms with Crippen LogP contribution in [-0.2, 0) is 16.1 Å². The van der Waals surface area contributed by atoms with Crippen LogP contribution in [0.2, 0.25) is 0 Å². The van der Waals surface area contributed by atoms with Gasteiger partial charge in [-0.2, -0.15) is 0 Å². The molecule has 0 heterocycles. The third-order valence-electron chi connectivity index (χ3n) is 4.77. The van der Waals surface area contributed by atoms with Gasteiger partial charge in [0.1, 0.15) is 11.8 Å². The number of para-hydroxylation sites is 1. The van der Waals surface area contributed by atoms with Crippen LogP contribution in [0.5, 0.6) is 11.5 Å². The summed E-state index contributed by atoms with van der Waals surface area (Å²) in [6.45, 7) is 6.23. The van der Waals surface area contributed by atoms with E-state index in [1.165, 1.54) is 17.0 Å². The van der Waals surface area contributed by atoms with Crippen LogP contribution in [0.3, 0.4) is 0 Å². The molecule has 0 bridgehead atoms. The third kappa shape index (κ3) is 7.27. The van der Waals surface area contributed by atoms with E-state index in [1.807, 2.05) is 32.9 Å². The Morgan fingerprint density at radius 2 is 1.77 bits per heavy atom. The van der Waals surface area contributed by atoms with Crippen molar-refractivity contribution in [3.63, 3.8) is 0 Å². The molecule has 1 atom stereocenters. The molecule has 0 aromatic heterocycles. The largest absolute Gasteiger partial charge is 0.497 e. The predicted octanol–water partition coefficient (Wildman–Crippen LogP) is 3.79. The van der Waals surface area contributed by atoms with Gasteiger partial charge in [-0.15, -0.1) is 0 Å². The lowest BCUT2D eigenvalue weighted by Crippen LogP contribution is -2.50. The van der Waals surface area contributed by atoms with Gasteiger partial charge in [-0.1, -0.05) is 45.0 Å². The van der Waals surface area contributed by atoms with Gasteiger partial charge in [-0.05, 0) is 42.2 Å². The van der Waals surface area contributed by atoms with Gasteiger partial charge in [-0.3, -0.25) is 9.59 Å². The van der Waals surface area contributed by atoms with Gasteiger partial charge in [0.15, 0.2) is 18.2 Å². The van der Waals surface area contributed by atoms with Gasteiger partial charge in [0, 0.05) is 13.1 Å². The molecule has 0 radical (unpaired) electrons. The van der Waals surface area contributed by atoms with Crippen molar-refractivity contribution in [1.29, 1.82) is 0 Å². The van der Waals surface area contributed by atoms with Crippen molar-refractivity contribution in [1.82, 2.24) is 10.2 Å². The van der Waals surface area contributed by atoms with Crippen molar-refractivity contribution in [3.8, 4) is 11.5 Å². The molecule has 0 aliphatic rings. The quantitative estimate of drug-likeness (QED) is 0.589. The zero-order chi connectivity index (χ0) is 22.8. The van der Waals surface area contributed by atoms with Gasteiger partial charge in [0.25, 0.3) is 5.91 Å². The third-order valence-corrected chi connectivity index (χ3v) is 4.77. The van der Waals surface area contributed by atoms with E-state index in [1.54, 1.807) is 31.4 Å². The number of hydrogen-bond acceptors (Lipinski definition) is 4. The summed E-state index contributed by atoms with van der Waals surface area (Å²) in [5.41, 5.74) is 0.843. The Bertz CT molecular complexity index is 855. The zero-order valence-corrected chi connectivity index (χ0v) is 18.6. The molecule has 0 saturated carbocycles. The maximum absolute atomic E-state index is 13.9. The fourth-order valence-electron chi connectivity index (χ4n) is 3.05. The molecule has 0 aliphatic heterocycles. The normalized spacial score (nSPS) is 11.7.